The second kappa shape index (κ2) is 12.0. The highest BCUT2D eigenvalue weighted by Gasteiger charge is 2.39. The van der Waals surface area contributed by atoms with Gasteiger partial charge >= 0.3 is 18.1 Å². The van der Waals surface area contributed by atoms with Gasteiger partial charge in [-0.3, -0.25) is 9.88 Å². The van der Waals surface area contributed by atoms with Crippen LogP contribution in [0.1, 0.15) is 31.5 Å². The van der Waals surface area contributed by atoms with E-state index in [-0.39, 0.29) is 17.5 Å². The van der Waals surface area contributed by atoms with Crippen LogP contribution in [0.2, 0.25) is 0 Å². The lowest BCUT2D eigenvalue weighted by Gasteiger charge is -2.43. The van der Waals surface area contributed by atoms with Crippen LogP contribution in [0.25, 0.3) is 17.1 Å². The summed E-state index contributed by atoms with van der Waals surface area (Å²) < 4.78 is 37.5. The van der Waals surface area contributed by atoms with Crippen molar-refractivity contribution in [3.63, 3.8) is 0 Å². The number of carboxylic acid groups (broad SMARTS) is 1. The number of carboxylic acids is 1. The number of nitrogens with zero attached hydrogens (tertiary/aromatic N) is 3. The maximum absolute atomic E-state index is 12.4. The minimum Gasteiger partial charge on any atom is -0.475 e. The molecule has 0 bridgehead atoms. The van der Waals surface area contributed by atoms with Crippen LogP contribution in [0.4, 0.5) is 13.2 Å². The number of alkyl halides is 3. The summed E-state index contributed by atoms with van der Waals surface area (Å²) in [5.74, 6) is -3.09. The summed E-state index contributed by atoms with van der Waals surface area (Å²) in [6.45, 7) is 7.06. The lowest BCUT2D eigenvalue weighted by Crippen LogP contribution is -2.49. The predicted octanol–water partition coefficient (Wildman–Crippen LogP) is 5.12. The van der Waals surface area contributed by atoms with Gasteiger partial charge in [0.2, 0.25) is 0 Å². The van der Waals surface area contributed by atoms with E-state index < -0.39 is 12.1 Å². The standard InChI is InChI=1S/C25H27N3O2.C2HF3O2/c1-25(2)18-28(17-19-8-4-3-5-9-19)15-14-23(25)30-24(29)13-12-20-16-26-21-10-6-7-11-22(21)27-20;3-2(4,5)1(6)7/h3-13,16,23H,14-15,17-18H2,1-2H3;(H,6,7)/b13-12+;. The molecule has 196 valence electrons. The number of carbonyl (C=O) groups is 2. The Morgan fingerprint density at radius 3 is 2.35 bits per heavy atom. The average Bonchev–Trinajstić information content (AvgIpc) is 2.84. The van der Waals surface area contributed by atoms with Gasteiger partial charge in [-0.1, -0.05) is 56.3 Å². The molecule has 0 radical (unpaired) electrons. The lowest BCUT2D eigenvalue weighted by atomic mass is 9.81. The molecule has 1 atom stereocenters. The quantitative estimate of drug-likeness (QED) is 0.372. The van der Waals surface area contributed by atoms with E-state index >= 15 is 0 Å². The van der Waals surface area contributed by atoms with E-state index in [4.69, 9.17) is 14.6 Å². The van der Waals surface area contributed by atoms with Gasteiger partial charge in [-0.2, -0.15) is 13.2 Å². The Hall–Kier alpha value is -3.79. The molecule has 37 heavy (non-hydrogen) atoms. The second-order valence-electron chi connectivity index (χ2n) is 9.32. The van der Waals surface area contributed by atoms with Crippen molar-refractivity contribution >= 4 is 29.0 Å². The van der Waals surface area contributed by atoms with Gasteiger partial charge in [0.15, 0.2) is 0 Å². The summed E-state index contributed by atoms with van der Waals surface area (Å²) in [6.07, 6.45) is 0.419. The molecular formula is C27H28F3N3O4. The SMILES string of the molecule is CC1(C)CN(Cc2ccccc2)CCC1OC(=O)/C=C/c1cnc2ccccc2n1.O=C(O)C(F)(F)F. The first kappa shape index (κ1) is 27.8. The smallest absolute Gasteiger partial charge is 0.475 e. The minimum atomic E-state index is -5.08. The number of carbonyl (C=O) groups excluding carboxylic acids is 1. The minimum absolute atomic E-state index is 0.107. The number of ether oxygens (including phenoxy) is 1. The molecule has 1 aliphatic rings. The molecule has 1 saturated heterocycles. The van der Waals surface area contributed by atoms with E-state index in [9.17, 15) is 18.0 Å². The third-order valence-electron chi connectivity index (χ3n) is 5.82. The van der Waals surface area contributed by atoms with Gasteiger partial charge in [0.05, 0.1) is 22.9 Å². The number of benzene rings is 2. The number of rotatable bonds is 5. The van der Waals surface area contributed by atoms with Crippen LogP contribution in [0, 0.1) is 5.41 Å². The molecule has 0 saturated carbocycles. The largest absolute Gasteiger partial charge is 0.490 e. The number of aliphatic carboxylic acids is 1. The zero-order chi connectivity index (χ0) is 27.1. The normalized spacial score (nSPS) is 17.7. The third-order valence-corrected chi connectivity index (χ3v) is 5.82. The average molecular weight is 516 g/mol. The van der Waals surface area contributed by atoms with Crippen LogP contribution in [0.15, 0.2) is 66.9 Å². The number of piperidine rings is 1. The molecule has 3 aromatic rings. The van der Waals surface area contributed by atoms with Crippen molar-refractivity contribution in [3.05, 3.63) is 78.1 Å². The van der Waals surface area contributed by atoms with Crippen LogP contribution in [0.5, 0.6) is 0 Å². The van der Waals surface area contributed by atoms with E-state index in [0.717, 1.165) is 37.1 Å². The van der Waals surface area contributed by atoms with Gasteiger partial charge < -0.3 is 9.84 Å². The van der Waals surface area contributed by atoms with E-state index in [2.05, 4.69) is 53.0 Å². The Morgan fingerprint density at radius 1 is 1.11 bits per heavy atom. The molecule has 1 unspecified atom stereocenters. The number of hydrogen-bond acceptors (Lipinski definition) is 6. The van der Waals surface area contributed by atoms with Gasteiger partial charge in [-0.05, 0) is 30.2 Å². The van der Waals surface area contributed by atoms with Gasteiger partial charge in [0, 0.05) is 31.1 Å². The molecule has 1 N–H and O–H groups in total. The number of likely N-dealkylation sites (tertiary alicyclic amines) is 1. The third kappa shape index (κ3) is 8.38. The van der Waals surface area contributed by atoms with E-state index in [1.54, 1.807) is 12.3 Å². The molecule has 1 aromatic heterocycles. The number of halogens is 3. The summed E-state index contributed by atoms with van der Waals surface area (Å²) in [4.78, 5) is 32.6. The van der Waals surface area contributed by atoms with Crippen LogP contribution in [0.3, 0.4) is 0 Å². The molecule has 7 nitrogen and oxygen atoms in total. The number of para-hydroxylation sites is 2. The molecule has 10 heteroatoms. The van der Waals surface area contributed by atoms with Crippen molar-refractivity contribution in [1.29, 1.82) is 0 Å². The number of esters is 1. The van der Waals surface area contributed by atoms with Gasteiger partial charge in [0.25, 0.3) is 0 Å². The number of hydrogen-bond donors (Lipinski definition) is 1. The molecule has 2 heterocycles. The van der Waals surface area contributed by atoms with Crippen molar-refractivity contribution in [1.82, 2.24) is 14.9 Å². The van der Waals surface area contributed by atoms with Gasteiger partial charge in [0.1, 0.15) is 6.10 Å². The Bertz CT molecular complexity index is 1250. The molecule has 0 aliphatic carbocycles. The van der Waals surface area contributed by atoms with Crippen molar-refractivity contribution in [2.45, 2.75) is 39.1 Å². The molecule has 0 amide bonds. The zero-order valence-corrected chi connectivity index (χ0v) is 20.5. The number of aromatic nitrogens is 2. The van der Waals surface area contributed by atoms with Crippen molar-refractivity contribution < 1.29 is 32.6 Å². The second-order valence-corrected chi connectivity index (χ2v) is 9.32. The summed E-state index contributed by atoms with van der Waals surface area (Å²) in [5.41, 5.74) is 3.48. The van der Waals surface area contributed by atoms with Gasteiger partial charge in [-0.15, -0.1) is 0 Å². The van der Waals surface area contributed by atoms with Crippen LogP contribution < -0.4 is 0 Å². The van der Waals surface area contributed by atoms with Crippen LogP contribution >= 0.6 is 0 Å². The zero-order valence-electron chi connectivity index (χ0n) is 20.5. The molecule has 1 fully saturated rings. The Morgan fingerprint density at radius 2 is 1.73 bits per heavy atom. The predicted molar refractivity (Wildman–Crippen MR) is 132 cm³/mol. The summed E-state index contributed by atoms with van der Waals surface area (Å²) in [7, 11) is 0. The fourth-order valence-electron chi connectivity index (χ4n) is 4.03. The first-order chi connectivity index (χ1) is 17.4. The maximum atomic E-state index is 12.4. The van der Waals surface area contributed by atoms with E-state index in [1.165, 1.54) is 11.6 Å². The van der Waals surface area contributed by atoms with E-state index in [0.29, 0.717) is 5.69 Å². The molecule has 0 spiro atoms. The summed E-state index contributed by atoms with van der Waals surface area (Å²) >= 11 is 0. The number of fused-ring (bicyclic) bond motifs is 1. The first-order valence-electron chi connectivity index (χ1n) is 11.6. The Labute approximate surface area is 212 Å². The molecule has 4 rings (SSSR count). The fourth-order valence-corrected chi connectivity index (χ4v) is 4.03. The molecule has 1 aliphatic heterocycles. The Kier molecular flexibility index (Phi) is 8.99. The van der Waals surface area contributed by atoms with Crippen molar-refractivity contribution in [2.75, 3.05) is 13.1 Å². The van der Waals surface area contributed by atoms with E-state index in [1.807, 2.05) is 30.3 Å². The fraction of sp³-hybridized carbons (Fsp3) is 0.333. The Balaban J connectivity index is 0.000000479. The highest BCUT2D eigenvalue weighted by atomic mass is 19.4. The molecule has 2 aromatic carbocycles. The highest BCUT2D eigenvalue weighted by molar-refractivity contribution is 5.87. The van der Waals surface area contributed by atoms with Gasteiger partial charge in [-0.25, -0.2) is 14.6 Å². The maximum Gasteiger partial charge on any atom is 0.490 e. The summed E-state index contributed by atoms with van der Waals surface area (Å²) in [5, 5.41) is 7.12. The molecular weight excluding hydrogens is 487 g/mol. The lowest BCUT2D eigenvalue weighted by molar-refractivity contribution is -0.192. The highest BCUT2D eigenvalue weighted by Crippen LogP contribution is 2.32. The topological polar surface area (TPSA) is 92.6 Å². The van der Waals surface area contributed by atoms with Crippen molar-refractivity contribution in [2.24, 2.45) is 5.41 Å². The summed E-state index contributed by atoms with van der Waals surface area (Å²) in [6, 6.07) is 18.2. The van der Waals surface area contributed by atoms with Crippen LogP contribution in [-0.4, -0.2) is 57.3 Å². The van der Waals surface area contributed by atoms with Crippen molar-refractivity contribution in [3.8, 4) is 0 Å². The first-order valence-corrected chi connectivity index (χ1v) is 11.6. The van der Waals surface area contributed by atoms with Crippen LogP contribution in [-0.2, 0) is 20.9 Å². The monoisotopic (exact) mass is 515 g/mol.